The molecule has 5 aromatic carbocycles. The molecule has 0 saturated carbocycles. The van der Waals surface area contributed by atoms with Crippen LogP contribution in [0, 0.1) is 6.92 Å². The molecule has 1 aliphatic heterocycles. The van der Waals surface area contributed by atoms with Gasteiger partial charge in [-0.2, -0.15) is 0 Å². The third kappa shape index (κ3) is 12.0. The minimum Gasteiger partial charge on any atom is -0.506 e. The number of pyridine rings is 1. The minimum atomic E-state index is -0.863. The minimum absolute atomic E-state index is 0.0179. The second-order valence-electron chi connectivity index (χ2n) is 16.1. The molecule has 0 spiro atoms. The lowest BCUT2D eigenvalue weighted by atomic mass is 10.0. The number of phenols is 1. The first-order valence-corrected chi connectivity index (χ1v) is 21.4. The van der Waals surface area contributed by atoms with Crippen LogP contribution < -0.4 is 26.8 Å². The van der Waals surface area contributed by atoms with Gasteiger partial charge in [0.05, 0.1) is 17.3 Å². The molecule has 13 heteroatoms. The molecule has 63 heavy (non-hydrogen) atoms. The normalized spacial score (nSPS) is 14.1. The highest BCUT2D eigenvalue weighted by Gasteiger charge is 2.23. The molecular formula is C50H54N6O7. The number of benzene rings is 5. The maximum Gasteiger partial charge on any atom is 0.411 e. The molecule has 1 unspecified atom stereocenters. The zero-order chi connectivity index (χ0) is 44.3. The van der Waals surface area contributed by atoms with Gasteiger partial charge < -0.3 is 40.8 Å². The first-order valence-electron chi connectivity index (χ1n) is 21.4. The van der Waals surface area contributed by atoms with Crippen LogP contribution in [0.25, 0.3) is 22.0 Å². The van der Waals surface area contributed by atoms with Crippen LogP contribution in [0.5, 0.6) is 5.75 Å². The third-order valence-electron chi connectivity index (χ3n) is 11.5. The molecule has 0 aliphatic carbocycles. The van der Waals surface area contributed by atoms with E-state index in [4.69, 9.17) is 4.74 Å². The van der Waals surface area contributed by atoms with Crippen molar-refractivity contribution < 1.29 is 29.3 Å². The number of nitrogens with one attached hydrogen (secondary N) is 5. The number of aromatic hydroxyl groups is 1. The average molecular weight is 851 g/mol. The zero-order valence-electron chi connectivity index (χ0n) is 35.5. The van der Waals surface area contributed by atoms with Crippen LogP contribution in [-0.4, -0.2) is 76.3 Å². The molecule has 1 aromatic heterocycles. The lowest BCUT2D eigenvalue weighted by Gasteiger charge is -2.31. The van der Waals surface area contributed by atoms with E-state index in [2.05, 4.69) is 31.2 Å². The highest BCUT2D eigenvalue weighted by atomic mass is 16.6. The number of amides is 3. The van der Waals surface area contributed by atoms with Crippen LogP contribution in [0.1, 0.15) is 64.9 Å². The number of aryl methyl sites for hydroxylation is 1. The van der Waals surface area contributed by atoms with Crippen LogP contribution in [0.2, 0.25) is 0 Å². The number of fused-ring (bicyclic) bond motifs is 1. The Morgan fingerprint density at radius 1 is 0.873 bits per heavy atom. The van der Waals surface area contributed by atoms with E-state index < -0.39 is 12.2 Å². The molecule has 7 N–H and O–H groups in total. The number of piperidine rings is 1. The number of H-pyrrole nitrogens is 1. The fourth-order valence-corrected chi connectivity index (χ4v) is 7.87. The second kappa shape index (κ2) is 20.8. The Balaban J connectivity index is 0.808. The highest BCUT2D eigenvalue weighted by molar-refractivity contribution is 6.04. The number of aliphatic hydroxyl groups excluding tert-OH is 1. The number of likely N-dealkylation sites (tertiary alicyclic amines) is 1. The maximum absolute atomic E-state index is 13.3. The fraction of sp³-hybridized carbons (Fsp3) is 0.280. The van der Waals surface area contributed by atoms with Crippen molar-refractivity contribution in [2.45, 2.75) is 64.3 Å². The topological polar surface area (TPSA) is 185 Å². The van der Waals surface area contributed by atoms with Gasteiger partial charge >= 0.3 is 6.09 Å². The Kier molecular flexibility index (Phi) is 14.6. The van der Waals surface area contributed by atoms with Crippen molar-refractivity contribution in [1.82, 2.24) is 20.5 Å². The van der Waals surface area contributed by atoms with Crippen molar-refractivity contribution in [3.63, 3.8) is 0 Å². The Morgan fingerprint density at radius 3 is 2.40 bits per heavy atom. The Bertz CT molecular complexity index is 2590. The van der Waals surface area contributed by atoms with Crippen LogP contribution >= 0.6 is 0 Å². The summed E-state index contributed by atoms with van der Waals surface area (Å²) in [6, 6.07) is 36.7. The molecule has 3 amide bonds. The van der Waals surface area contributed by atoms with Crippen LogP contribution in [-0.2, 0) is 22.5 Å². The summed E-state index contributed by atoms with van der Waals surface area (Å²) in [5, 5.41) is 33.9. The van der Waals surface area contributed by atoms with Gasteiger partial charge in [-0.3, -0.25) is 19.7 Å². The molecule has 6 aromatic rings. The van der Waals surface area contributed by atoms with Crippen molar-refractivity contribution >= 4 is 40.2 Å². The van der Waals surface area contributed by atoms with E-state index >= 15 is 0 Å². The molecule has 0 radical (unpaired) electrons. The smallest absolute Gasteiger partial charge is 0.411 e. The lowest BCUT2D eigenvalue weighted by molar-refractivity contribution is -0.121. The molecule has 2 atom stereocenters. The number of carbonyl (C=O) groups excluding carboxylic acids is 3. The summed E-state index contributed by atoms with van der Waals surface area (Å²) >= 11 is 0. The van der Waals surface area contributed by atoms with Gasteiger partial charge in [0.25, 0.3) is 5.91 Å². The van der Waals surface area contributed by atoms with Gasteiger partial charge in [-0.15, -0.1) is 0 Å². The number of para-hydroxylation sites is 1. The van der Waals surface area contributed by atoms with E-state index in [1.807, 2.05) is 105 Å². The number of hydrogen-bond donors (Lipinski definition) is 7. The SMILES string of the molecule is Cc1ccc(C(=O)Nc2ccc(CC(C)NC[C@H](O)c3ccc(O)c4[nH]c(=O)ccc34)cc2)cc1CNC(=O)CCN1CCC(OC(=O)Nc2ccccc2-c2ccccc2)CC1. The average Bonchev–Trinajstić information content (AvgIpc) is 3.29. The van der Waals surface area contributed by atoms with Crippen molar-refractivity contribution in [2.75, 3.05) is 36.8 Å². The van der Waals surface area contributed by atoms with Gasteiger partial charge in [-0.05, 0) is 103 Å². The van der Waals surface area contributed by atoms with Gasteiger partial charge in [-0.25, -0.2) is 4.79 Å². The van der Waals surface area contributed by atoms with Crippen LogP contribution in [0.15, 0.2) is 126 Å². The molecule has 0 bridgehead atoms. The van der Waals surface area contributed by atoms with Crippen LogP contribution in [0.4, 0.5) is 16.2 Å². The lowest BCUT2D eigenvalue weighted by Crippen LogP contribution is -2.40. The van der Waals surface area contributed by atoms with Crippen molar-refractivity contribution in [1.29, 1.82) is 0 Å². The summed E-state index contributed by atoms with van der Waals surface area (Å²) in [5.41, 5.74) is 7.19. The summed E-state index contributed by atoms with van der Waals surface area (Å²) < 4.78 is 5.77. The number of phenolic OH excluding ortho intramolecular Hbond substituents is 1. The quantitative estimate of drug-likeness (QED) is 0.0520. The fourth-order valence-electron chi connectivity index (χ4n) is 7.87. The predicted molar refractivity (Wildman–Crippen MR) is 246 cm³/mol. The number of ether oxygens (including phenoxy) is 1. The summed E-state index contributed by atoms with van der Waals surface area (Å²) in [6.45, 7) is 6.57. The first-order chi connectivity index (χ1) is 30.5. The highest BCUT2D eigenvalue weighted by Crippen LogP contribution is 2.30. The number of anilines is 2. The molecule has 2 heterocycles. The van der Waals surface area contributed by atoms with Gasteiger partial charge in [-0.1, -0.05) is 72.8 Å². The molecule has 1 aliphatic rings. The number of aromatic amines is 1. The molecule has 7 rings (SSSR count). The summed E-state index contributed by atoms with van der Waals surface area (Å²) in [5.74, 6) is -0.392. The third-order valence-corrected chi connectivity index (χ3v) is 11.5. The predicted octanol–water partition coefficient (Wildman–Crippen LogP) is 7.44. The van der Waals surface area contributed by atoms with Gasteiger partial charge in [0.2, 0.25) is 11.5 Å². The van der Waals surface area contributed by atoms with E-state index in [0.717, 1.165) is 40.9 Å². The van der Waals surface area contributed by atoms with Crippen LogP contribution in [0.3, 0.4) is 0 Å². The van der Waals surface area contributed by atoms with Crippen molar-refractivity contribution in [3.05, 3.63) is 159 Å². The first kappa shape index (κ1) is 44.3. The molecule has 1 saturated heterocycles. The van der Waals surface area contributed by atoms with Crippen molar-refractivity contribution in [2.24, 2.45) is 0 Å². The maximum atomic E-state index is 13.3. The largest absolute Gasteiger partial charge is 0.506 e. The number of aliphatic hydroxyl groups is 1. The molecule has 13 nitrogen and oxygen atoms in total. The van der Waals surface area contributed by atoms with Crippen molar-refractivity contribution in [3.8, 4) is 16.9 Å². The standard InChI is InChI=1S/C50H54N6O7/c1-32-12-15-36(49(61)53-38-16-13-34(14-17-38)28-33(2)51-31-45(58)41-18-20-44(57)48-42(41)19-21-47(60)55-48)29-37(32)30-52-46(59)24-27-56-25-22-39(23-26-56)63-50(62)54-43-11-7-6-10-40(43)35-8-4-3-5-9-35/h3-21,29,33,39,45,51,57-58H,22-28,30-31H2,1-2H3,(H,52,59)(H,53,61)(H,54,62)(H,55,60)/t33?,45-/m0/s1. The number of aromatic nitrogens is 1. The number of nitrogens with zero attached hydrogens (tertiary/aromatic N) is 1. The molecular weight excluding hydrogens is 797 g/mol. The molecule has 1 fully saturated rings. The monoisotopic (exact) mass is 850 g/mol. The summed E-state index contributed by atoms with van der Waals surface area (Å²) in [6.07, 6.45) is 0.839. The van der Waals surface area contributed by atoms with Gasteiger partial charge in [0.15, 0.2) is 0 Å². The number of rotatable bonds is 16. The van der Waals surface area contributed by atoms with Gasteiger partial charge in [0.1, 0.15) is 11.9 Å². The number of hydrogen-bond acceptors (Lipinski definition) is 9. The van der Waals surface area contributed by atoms with E-state index in [-0.39, 0.29) is 41.8 Å². The van der Waals surface area contributed by atoms with E-state index in [0.29, 0.717) is 72.2 Å². The zero-order valence-corrected chi connectivity index (χ0v) is 35.5. The van der Waals surface area contributed by atoms with E-state index in [1.54, 1.807) is 18.2 Å². The second-order valence-corrected chi connectivity index (χ2v) is 16.1. The Morgan fingerprint density at radius 2 is 1.62 bits per heavy atom. The van der Waals surface area contributed by atoms with E-state index in [1.165, 1.54) is 12.1 Å². The Labute approximate surface area is 366 Å². The summed E-state index contributed by atoms with van der Waals surface area (Å²) in [7, 11) is 0. The molecule has 326 valence electrons. The van der Waals surface area contributed by atoms with E-state index in [9.17, 15) is 29.4 Å². The summed E-state index contributed by atoms with van der Waals surface area (Å²) in [4.78, 5) is 55.6. The number of carbonyl (C=O) groups is 3. The van der Waals surface area contributed by atoms with Gasteiger partial charge in [0, 0.05) is 73.5 Å². The Hall–Kier alpha value is -6.80.